The Morgan fingerprint density at radius 2 is 1.79 bits per heavy atom. The van der Waals surface area contributed by atoms with E-state index >= 15 is 0 Å². The van der Waals surface area contributed by atoms with Crippen molar-refractivity contribution in [3.05, 3.63) is 105 Å². The molecule has 2 aliphatic heterocycles. The van der Waals surface area contributed by atoms with E-state index in [9.17, 15) is 23.2 Å². The van der Waals surface area contributed by atoms with Crippen LogP contribution in [-0.4, -0.2) is 35.2 Å². The summed E-state index contributed by atoms with van der Waals surface area (Å²) in [6, 6.07) is 13.1. The molecule has 1 saturated heterocycles. The summed E-state index contributed by atoms with van der Waals surface area (Å²) in [5, 5.41) is 4.20. The number of fused-ring (bicyclic) bond motifs is 3. The van der Waals surface area contributed by atoms with E-state index in [1.54, 1.807) is 34.9 Å². The minimum absolute atomic E-state index is 0.00320. The predicted molar refractivity (Wildman–Crippen MR) is 137 cm³/mol. The third-order valence-corrected chi connectivity index (χ3v) is 7.58. The number of aromatic nitrogens is 1. The highest BCUT2D eigenvalue weighted by atomic mass is 35.5. The lowest BCUT2D eigenvalue weighted by Gasteiger charge is -2.33. The average molecular weight is 535 g/mol. The Balaban J connectivity index is 1.42. The summed E-state index contributed by atoms with van der Waals surface area (Å²) in [7, 11) is 0. The molecule has 9 heteroatoms. The SMILES string of the molecule is O=C(Cn1cc(C(=O)c2cccc3c2C(=O)OC32CCNCC2)c2ccc(Cl)cc21)c1ccc(F)c(F)c1. The number of benzene rings is 3. The third-order valence-electron chi connectivity index (χ3n) is 7.35. The highest BCUT2D eigenvalue weighted by Crippen LogP contribution is 2.44. The van der Waals surface area contributed by atoms with Crippen LogP contribution in [0.4, 0.5) is 8.78 Å². The van der Waals surface area contributed by atoms with Gasteiger partial charge in [0.2, 0.25) is 0 Å². The molecule has 0 bridgehead atoms. The van der Waals surface area contributed by atoms with Crippen molar-refractivity contribution in [2.45, 2.75) is 25.0 Å². The van der Waals surface area contributed by atoms with Crippen molar-refractivity contribution in [1.82, 2.24) is 9.88 Å². The van der Waals surface area contributed by atoms with Crippen molar-refractivity contribution in [2.24, 2.45) is 0 Å². The zero-order valence-corrected chi connectivity index (χ0v) is 20.8. The van der Waals surface area contributed by atoms with Crippen molar-refractivity contribution in [1.29, 1.82) is 0 Å². The maximum absolute atomic E-state index is 13.9. The Kier molecular flexibility index (Phi) is 5.89. The second-order valence-electron chi connectivity index (χ2n) is 9.58. The Morgan fingerprint density at radius 1 is 1.00 bits per heavy atom. The van der Waals surface area contributed by atoms with Gasteiger partial charge >= 0.3 is 5.97 Å². The van der Waals surface area contributed by atoms with Crippen molar-refractivity contribution in [2.75, 3.05) is 13.1 Å². The maximum atomic E-state index is 13.9. The van der Waals surface area contributed by atoms with Crippen molar-refractivity contribution < 1.29 is 27.9 Å². The number of carbonyl (C=O) groups excluding carboxylic acids is 3. The fraction of sp³-hybridized carbons (Fsp3) is 0.207. The molecular formula is C29H21ClF2N2O4. The van der Waals surface area contributed by atoms with Gasteiger partial charge in [-0.3, -0.25) is 9.59 Å². The quantitative estimate of drug-likeness (QED) is 0.273. The Morgan fingerprint density at radius 3 is 2.55 bits per heavy atom. The van der Waals surface area contributed by atoms with Gasteiger partial charge in [0, 0.05) is 51.7 Å². The van der Waals surface area contributed by atoms with E-state index in [4.69, 9.17) is 16.3 Å². The van der Waals surface area contributed by atoms with Crippen LogP contribution in [0.5, 0.6) is 0 Å². The topological polar surface area (TPSA) is 77.4 Å². The van der Waals surface area contributed by atoms with E-state index in [-0.39, 0.29) is 28.8 Å². The number of nitrogens with one attached hydrogen (secondary N) is 1. The zero-order chi connectivity index (χ0) is 26.6. The second-order valence-corrected chi connectivity index (χ2v) is 10.0. The van der Waals surface area contributed by atoms with Crippen molar-refractivity contribution in [3.8, 4) is 0 Å². The number of rotatable bonds is 5. The first-order chi connectivity index (χ1) is 18.3. The van der Waals surface area contributed by atoms with Crippen LogP contribution >= 0.6 is 11.6 Å². The summed E-state index contributed by atoms with van der Waals surface area (Å²) in [4.78, 5) is 39.9. The minimum atomic E-state index is -1.12. The first-order valence-corrected chi connectivity index (χ1v) is 12.5. The van der Waals surface area contributed by atoms with Crippen molar-refractivity contribution in [3.63, 3.8) is 0 Å². The molecule has 1 aromatic heterocycles. The second kappa shape index (κ2) is 9.15. The highest BCUT2D eigenvalue weighted by Gasteiger charge is 2.47. The third kappa shape index (κ3) is 3.92. The van der Waals surface area contributed by atoms with Crippen LogP contribution in [-0.2, 0) is 16.9 Å². The number of nitrogens with zero attached hydrogens (tertiary/aromatic N) is 1. The van der Waals surface area contributed by atoms with Crippen LogP contribution < -0.4 is 5.32 Å². The first-order valence-electron chi connectivity index (χ1n) is 12.2. The van der Waals surface area contributed by atoms with E-state index < -0.39 is 34.8 Å². The summed E-state index contributed by atoms with van der Waals surface area (Å²) in [6.45, 7) is 1.16. The lowest BCUT2D eigenvalue weighted by molar-refractivity contribution is -0.0242. The Labute approximate surface area is 221 Å². The van der Waals surface area contributed by atoms with Crippen LogP contribution in [0.25, 0.3) is 10.9 Å². The highest BCUT2D eigenvalue weighted by molar-refractivity contribution is 6.31. The number of piperidine rings is 1. The molecule has 1 N–H and O–H groups in total. The number of ether oxygens (including phenoxy) is 1. The summed E-state index contributed by atoms with van der Waals surface area (Å²) in [6.07, 6.45) is 2.77. The van der Waals surface area contributed by atoms with Gasteiger partial charge in [-0.05, 0) is 43.4 Å². The molecule has 1 spiro atoms. The van der Waals surface area contributed by atoms with E-state index in [1.165, 1.54) is 12.3 Å². The molecule has 1 fully saturated rings. The van der Waals surface area contributed by atoms with Gasteiger partial charge in [0.05, 0.1) is 17.6 Å². The van der Waals surface area contributed by atoms with E-state index in [1.807, 2.05) is 6.07 Å². The number of hydrogen-bond donors (Lipinski definition) is 1. The molecule has 4 aromatic rings. The van der Waals surface area contributed by atoms with Crippen LogP contribution in [0.1, 0.15) is 55.0 Å². The van der Waals surface area contributed by atoms with Gasteiger partial charge in [-0.2, -0.15) is 0 Å². The number of halogens is 3. The maximum Gasteiger partial charge on any atom is 0.340 e. The summed E-state index contributed by atoms with van der Waals surface area (Å²) in [5.74, 6) is -3.56. The van der Waals surface area contributed by atoms with E-state index in [0.717, 1.165) is 17.7 Å². The monoisotopic (exact) mass is 534 g/mol. The largest absolute Gasteiger partial charge is 0.450 e. The molecule has 3 heterocycles. The lowest BCUT2D eigenvalue weighted by Crippen LogP contribution is -2.39. The van der Waals surface area contributed by atoms with Gasteiger partial charge in [-0.15, -0.1) is 0 Å². The molecule has 0 radical (unpaired) electrons. The van der Waals surface area contributed by atoms with Crippen LogP contribution in [0.3, 0.4) is 0 Å². The molecule has 0 atom stereocenters. The van der Waals surface area contributed by atoms with Gasteiger partial charge < -0.3 is 14.6 Å². The average Bonchev–Trinajstić information content (AvgIpc) is 3.40. The summed E-state index contributed by atoms with van der Waals surface area (Å²) in [5.41, 5.74) is 1.26. The standard InChI is InChI=1S/C29H21ClF2N2O4/c30-17-5-6-18-20(14-34(24(18)13-17)15-25(35)16-4-7-22(31)23(32)12-16)27(36)19-2-1-3-21-26(19)28(37)38-29(21)8-10-33-11-9-29/h1-7,12-14,33H,8-11,15H2. The van der Waals surface area contributed by atoms with E-state index in [2.05, 4.69) is 5.32 Å². The Bertz CT molecular complexity index is 1660. The van der Waals surface area contributed by atoms with Gasteiger partial charge in [0.15, 0.2) is 23.2 Å². The molecule has 6 nitrogen and oxygen atoms in total. The number of ketones is 2. The normalized spacial score (nSPS) is 16.0. The predicted octanol–water partition coefficient (Wildman–Crippen LogP) is 5.44. The first kappa shape index (κ1) is 24.5. The fourth-order valence-corrected chi connectivity index (χ4v) is 5.63. The van der Waals surface area contributed by atoms with Gasteiger partial charge in [0.25, 0.3) is 0 Å². The van der Waals surface area contributed by atoms with E-state index in [0.29, 0.717) is 41.9 Å². The summed E-state index contributed by atoms with van der Waals surface area (Å²) >= 11 is 6.23. The van der Waals surface area contributed by atoms with Crippen LogP contribution in [0.15, 0.2) is 60.8 Å². The molecule has 0 amide bonds. The number of Topliss-reactive ketones (excluding diaryl/α,β-unsaturated/α-hetero) is 1. The number of carbonyl (C=O) groups is 3. The smallest absolute Gasteiger partial charge is 0.340 e. The summed E-state index contributed by atoms with van der Waals surface area (Å²) < 4.78 is 34.5. The molecule has 2 aliphatic rings. The van der Waals surface area contributed by atoms with Gasteiger partial charge in [-0.25, -0.2) is 13.6 Å². The van der Waals surface area contributed by atoms with Crippen LogP contribution in [0, 0.1) is 11.6 Å². The molecule has 0 saturated carbocycles. The molecule has 0 aliphatic carbocycles. The van der Waals surface area contributed by atoms with Crippen molar-refractivity contribution >= 4 is 40.0 Å². The zero-order valence-electron chi connectivity index (χ0n) is 20.0. The van der Waals surface area contributed by atoms with Crippen LogP contribution in [0.2, 0.25) is 5.02 Å². The molecule has 38 heavy (non-hydrogen) atoms. The Hall–Kier alpha value is -3.88. The molecular weight excluding hydrogens is 514 g/mol. The number of esters is 1. The fourth-order valence-electron chi connectivity index (χ4n) is 5.46. The molecule has 192 valence electrons. The molecule has 3 aromatic carbocycles. The molecule has 6 rings (SSSR count). The van der Waals surface area contributed by atoms with Gasteiger partial charge in [-0.1, -0.05) is 35.9 Å². The minimum Gasteiger partial charge on any atom is -0.450 e. The molecule has 0 unspecified atom stereocenters. The lowest BCUT2D eigenvalue weighted by atomic mass is 9.82. The number of hydrogen-bond acceptors (Lipinski definition) is 5. The van der Waals surface area contributed by atoms with Gasteiger partial charge in [0.1, 0.15) is 5.60 Å².